The summed E-state index contributed by atoms with van der Waals surface area (Å²) in [4.78, 5) is 13.4. The zero-order chi connectivity index (χ0) is 9.14. The lowest BCUT2D eigenvalue weighted by atomic mass is 10.0. The lowest BCUT2D eigenvalue weighted by Crippen LogP contribution is -2.45. The van der Waals surface area contributed by atoms with E-state index in [1.165, 1.54) is 0 Å². The largest absolute Gasteiger partial charge is 0.331 e. The van der Waals surface area contributed by atoms with E-state index in [-0.39, 0.29) is 17.9 Å². The number of thioether (sulfide) groups is 1. The number of nitrogens with two attached hydrogens (primary N) is 1. The molecule has 1 aliphatic heterocycles. The molecule has 1 rings (SSSR count). The van der Waals surface area contributed by atoms with E-state index in [0.717, 1.165) is 18.2 Å². The molecular weight excluding hydrogens is 172 g/mol. The number of rotatable bonds is 2. The van der Waals surface area contributed by atoms with Gasteiger partial charge in [-0.1, -0.05) is 13.8 Å². The summed E-state index contributed by atoms with van der Waals surface area (Å²) in [5.74, 6) is 2.22. The van der Waals surface area contributed by atoms with E-state index in [9.17, 15) is 4.79 Å². The lowest BCUT2D eigenvalue weighted by Gasteiger charge is -2.21. The number of amides is 1. The van der Waals surface area contributed by atoms with Crippen LogP contribution < -0.4 is 5.73 Å². The van der Waals surface area contributed by atoms with Crippen LogP contribution in [0.4, 0.5) is 0 Å². The van der Waals surface area contributed by atoms with Crippen molar-refractivity contribution >= 4 is 17.7 Å². The lowest BCUT2D eigenvalue weighted by molar-refractivity contribution is -0.132. The summed E-state index contributed by atoms with van der Waals surface area (Å²) >= 11 is 1.79. The standard InChI is InChI=1S/C8H16N2OS/c1-6(2)7(9)8(11)10-3-4-12-5-10/h6-7H,3-5,9H2,1-2H3/t7-/m0/s1. The van der Waals surface area contributed by atoms with Crippen LogP contribution in [0.5, 0.6) is 0 Å². The summed E-state index contributed by atoms with van der Waals surface area (Å²) in [6.45, 7) is 4.82. The van der Waals surface area contributed by atoms with Gasteiger partial charge in [-0.3, -0.25) is 4.79 Å². The van der Waals surface area contributed by atoms with Gasteiger partial charge in [0, 0.05) is 12.3 Å². The summed E-state index contributed by atoms with van der Waals surface area (Å²) in [6, 6.07) is -0.316. The van der Waals surface area contributed by atoms with Gasteiger partial charge in [-0.2, -0.15) is 0 Å². The number of hydrogen-bond donors (Lipinski definition) is 1. The van der Waals surface area contributed by atoms with Gasteiger partial charge in [-0.15, -0.1) is 11.8 Å². The van der Waals surface area contributed by atoms with Crippen molar-refractivity contribution in [1.29, 1.82) is 0 Å². The minimum absolute atomic E-state index is 0.106. The fourth-order valence-electron chi connectivity index (χ4n) is 1.08. The first kappa shape index (κ1) is 9.86. The molecule has 3 nitrogen and oxygen atoms in total. The third kappa shape index (κ3) is 2.14. The smallest absolute Gasteiger partial charge is 0.240 e. The number of carbonyl (C=O) groups is 1. The Morgan fingerprint density at radius 3 is 2.67 bits per heavy atom. The van der Waals surface area contributed by atoms with Gasteiger partial charge in [0.05, 0.1) is 11.9 Å². The van der Waals surface area contributed by atoms with Crippen molar-refractivity contribution < 1.29 is 4.79 Å². The zero-order valence-corrected chi connectivity index (χ0v) is 8.43. The van der Waals surface area contributed by atoms with E-state index < -0.39 is 0 Å². The molecule has 0 unspecified atom stereocenters. The summed E-state index contributed by atoms with van der Waals surface area (Å²) < 4.78 is 0. The first-order chi connectivity index (χ1) is 5.63. The molecule has 1 amide bonds. The molecule has 4 heteroatoms. The highest BCUT2D eigenvalue weighted by Crippen LogP contribution is 2.15. The van der Waals surface area contributed by atoms with Crippen molar-refractivity contribution in [1.82, 2.24) is 4.90 Å². The van der Waals surface area contributed by atoms with Crippen LogP contribution in [0.3, 0.4) is 0 Å². The molecule has 0 bridgehead atoms. The highest BCUT2D eigenvalue weighted by Gasteiger charge is 2.25. The Morgan fingerprint density at radius 2 is 2.25 bits per heavy atom. The third-order valence-corrected chi connectivity index (χ3v) is 3.03. The summed E-state index contributed by atoms with van der Waals surface area (Å²) in [7, 11) is 0. The van der Waals surface area contributed by atoms with Crippen LogP contribution in [-0.2, 0) is 4.79 Å². The summed E-state index contributed by atoms with van der Waals surface area (Å²) in [5.41, 5.74) is 5.74. The second-order valence-corrected chi connectivity index (χ2v) is 4.48. The van der Waals surface area contributed by atoms with E-state index in [4.69, 9.17) is 5.73 Å². The molecular formula is C8H16N2OS. The Labute approximate surface area is 77.7 Å². The molecule has 1 atom stereocenters. The molecule has 0 aromatic carbocycles. The first-order valence-electron chi connectivity index (χ1n) is 4.25. The number of hydrogen-bond acceptors (Lipinski definition) is 3. The maximum atomic E-state index is 11.6. The predicted molar refractivity (Wildman–Crippen MR) is 51.9 cm³/mol. The van der Waals surface area contributed by atoms with Gasteiger partial charge >= 0.3 is 0 Å². The Hall–Kier alpha value is -0.220. The molecule has 1 saturated heterocycles. The molecule has 2 N–H and O–H groups in total. The third-order valence-electron chi connectivity index (χ3n) is 2.07. The topological polar surface area (TPSA) is 46.3 Å². The van der Waals surface area contributed by atoms with Gasteiger partial charge in [-0.25, -0.2) is 0 Å². The molecule has 0 aromatic rings. The van der Waals surface area contributed by atoms with Gasteiger partial charge in [-0.05, 0) is 5.92 Å². The van der Waals surface area contributed by atoms with Crippen molar-refractivity contribution in [2.75, 3.05) is 18.2 Å². The van der Waals surface area contributed by atoms with Crippen LogP contribution in [-0.4, -0.2) is 35.0 Å². The second kappa shape index (κ2) is 4.14. The van der Waals surface area contributed by atoms with Gasteiger partial charge < -0.3 is 10.6 Å². The number of nitrogens with zero attached hydrogens (tertiary/aromatic N) is 1. The van der Waals surface area contributed by atoms with Crippen LogP contribution >= 0.6 is 11.8 Å². The fraction of sp³-hybridized carbons (Fsp3) is 0.875. The molecule has 12 heavy (non-hydrogen) atoms. The quantitative estimate of drug-likeness (QED) is 0.686. The fourth-order valence-corrected chi connectivity index (χ4v) is 2.04. The molecule has 0 aliphatic carbocycles. The molecule has 0 saturated carbocycles. The van der Waals surface area contributed by atoms with Crippen LogP contribution in [0, 0.1) is 5.92 Å². The Bertz CT molecular complexity index is 162. The summed E-state index contributed by atoms with van der Waals surface area (Å²) in [5, 5.41) is 0. The highest BCUT2D eigenvalue weighted by atomic mass is 32.2. The van der Waals surface area contributed by atoms with Gasteiger partial charge in [0.25, 0.3) is 0 Å². The van der Waals surface area contributed by atoms with E-state index in [1.807, 2.05) is 18.7 Å². The van der Waals surface area contributed by atoms with Crippen LogP contribution in [0.1, 0.15) is 13.8 Å². The predicted octanol–water partition coefficient (Wildman–Crippen LogP) is 0.503. The molecule has 1 heterocycles. The average Bonchev–Trinajstić information content (AvgIpc) is 2.53. The molecule has 70 valence electrons. The van der Waals surface area contributed by atoms with E-state index in [1.54, 1.807) is 11.8 Å². The monoisotopic (exact) mass is 188 g/mol. The number of carbonyl (C=O) groups excluding carboxylic acids is 1. The van der Waals surface area contributed by atoms with E-state index in [2.05, 4.69) is 0 Å². The van der Waals surface area contributed by atoms with Crippen LogP contribution in [0.15, 0.2) is 0 Å². The normalized spacial score (nSPS) is 20.2. The molecule has 0 aromatic heterocycles. The van der Waals surface area contributed by atoms with Crippen LogP contribution in [0.2, 0.25) is 0 Å². The average molecular weight is 188 g/mol. The zero-order valence-electron chi connectivity index (χ0n) is 7.62. The van der Waals surface area contributed by atoms with Gasteiger partial charge in [0.2, 0.25) is 5.91 Å². The Morgan fingerprint density at radius 1 is 1.58 bits per heavy atom. The molecule has 0 spiro atoms. The molecule has 0 radical (unpaired) electrons. The minimum Gasteiger partial charge on any atom is -0.331 e. The first-order valence-corrected chi connectivity index (χ1v) is 5.40. The molecule has 1 fully saturated rings. The summed E-state index contributed by atoms with van der Waals surface area (Å²) in [6.07, 6.45) is 0. The van der Waals surface area contributed by atoms with Crippen molar-refractivity contribution in [2.24, 2.45) is 11.7 Å². The maximum Gasteiger partial charge on any atom is 0.240 e. The highest BCUT2D eigenvalue weighted by molar-refractivity contribution is 7.99. The van der Waals surface area contributed by atoms with Crippen LogP contribution in [0.25, 0.3) is 0 Å². The Balaban J connectivity index is 2.45. The van der Waals surface area contributed by atoms with E-state index in [0.29, 0.717) is 0 Å². The minimum atomic E-state index is -0.316. The van der Waals surface area contributed by atoms with Crippen molar-refractivity contribution in [2.45, 2.75) is 19.9 Å². The van der Waals surface area contributed by atoms with Gasteiger partial charge in [0.15, 0.2) is 0 Å². The maximum absolute atomic E-state index is 11.6. The van der Waals surface area contributed by atoms with E-state index >= 15 is 0 Å². The Kier molecular flexibility index (Phi) is 3.40. The van der Waals surface area contributed by atoms with Gasteiger partial charge in [0.1, 0.15) is 0 Å². The van der Waals surface area contributed by atoms with Crippen molar-refractivity contribution in [3.63, 3.8) is 0 Å². The van der Waals surface area contributed by atoms with Crippen molar-refractivity contribution in [3.05, 3.63) is 0 Å². The van der Waals surface area contributed by atoms with Crippen molar-refractivity contribution in [3.8, 4) is 0 Å². The SMILES string of the molecule is CC(C)[C@H](N)C(=O)N1CCSC1. The second-order valence-electron chi connectivity index (χ2n) is 3.41. The molecule has 1 aliphatic rings.